The highest BCUT2D eigenvalue weighted by atomic mass is 35.5. The van der Waals surface area contributed by atoms with Crippen molar-refractivity contribution in [2.45, 2.75) is 6.92 Å². The number of ether oxygens (including phenoxy) is 1. The molecule has 10 heteroatoms. The van der Waals surface area contributed by atoms with Gasteiger partial charge in [0, 0.05) is 12.1 Å². The Balaban J connectivity index is 2.04. The van der Waals surface area contributed by atoms with E-state index in [0.29, 0.717) is 5.56 Å². The molecule has 0 aliphatic carbocycles. The molecule has 0 unspecified atom stereocenters. The Labute approximate surface area is 186 Å². The normalized spacial score (nSPS) is 16.1. The Kier molecular flexibility index (Phi) is 6.88. The van der Waals surface area contributed by atoms with Crippen LogP contribution in [0.4, 0.5) is 5.69 Å². The van der Waals surface area contributed by atoms with Crippen LogP contribution in [-0.2, 0) is 9.53 Å². The lowest BCUT2D eigenvalue weighted by molar-refractivity contribution is -0.384. The zero-order chi connectivity index (χ0) is 22.5. The van der Waals surface area contributed by atoms with Crippen LogP contribution in [0, 0.1) is 10.1 Å². The quantitative estimate of drug-likeness (QED) is 0.382. The Hall–Kier alpha value is -3.43. The number of thioether (sulfide) groups is 1. The van der Waals surface area contributed by atoms with Crippen molar-refractivity contribution in [3.8, 4) is 0 Å². The summed E-state index contributed by atoms with van der Waals surface area (Å²) in [6.07, 6.45) is 1.45. The van der Waals surface area contributed by atoms with Crippen molar-refractivity contribution < 1.29 is 24.4 Å². The molecule has 31 heavy (non-hydrogen) atoms. The van der Waals surface area contributed by atoms with Crippen LogP contribution >= 0.6 is 23.4 Å². The second-order valence-corrected chi connectivity index (χ2v) is 7.55. The number of hydrogen-bond donors (Lipinski definition) is 1. The van der Waals surface area contributed by atoms with Crippen molar-refractivity contribution in [1.82, 2.24) is 0 Å². The predicted octanol–water partition coefficient (Wildman–Crippen LogP) is 4.95. The van der Waals surface area contributed by atoms with E-state index in [9.17, 15) is 24.8 Å². The van der Waals surface area contributed by atoms with Crippen LogP contribution in [0.5, 0.6) is 0 Å². The first-order chi connectivity index (χ1) is 14.8. The number of nitrogens with zero attached hydrogens (tertiary/aromatic N) is 2. The van der Waals surface area contributed by atoms with Crippen molar-refractivity contribution in [3.05, 3.63) is 91.0 Å². The van der Waals surface area contributed by atoms with Crippen molar-refractivity contribution >= 4 is 52.0 Å². The summed E-state index contributed by atoms with van der Waals surface area (Å²) in [5, 5.41) is 21.8. The van der Waals surface area contributed by atoms with E-state index < -0.39 is 22.6 Å². The van der Waals surface area contributed by atoms with Crippen LogP contribution in [0.15, 0.2) is 69.8 Å². The minimum Gasteiger partial charge on any atom is -0.506 e. The van der Waals surface area contributed by atoms with Gasteiger partial charge in [0.05, 0.1) is 27.0 Å². The molecule has 1 amide bonds. The summed E-state index contributed by atoms with van der Waals surface area (Å²) in [5.74, 6) is -1.97. The number of esters is 1. The maximum Gasteiger partial charge on any atom is 0.344 e. The van der Waals surface area contributed by atoms with Gasteiger partial charge >= 0.3 is 5.97 Å². The summed E-state index contributed by atoms with van der Waals surface area (Å²) >= 11 is 6.91. The number of carbonyl (C=O) groups is 2. The van der Waals surface area contributed by atoms with Crippen LogP contribution < -0.4 is 0 Å². The molecule has 1 aliphatic heterocycles. The summed E-state index contributed by atoms with van der Waals surface area (Å²) < 4.78 is 4.98. The standard InChI is InChI=1S/C21H15ClN2O6S/c1-2-30-21(27)17-18(25)16(11-12-6-5-7-13(10-12)24(28)29)31-20(17)23-19(26)14-8-3-4-9-15(14)22/h3-11,25H,2H2,1H3/b16-11-,23-20?. The Bertz CT molecular complexity index is 1170. The topological polar surface area (TPSA) is 119 Å². The van der Waals surface area contributed by atoms with Crippen molar-refractivity contribution in [2.75, 3.05) is 6.61 Å². The molecular weight excluding hydrogens is 444 g/mol. The summed E-state index contributed by atoms with van der Waals surface area (Å²) in [4.78, 5) is 39.6. The Morgan fingerprint density at radius 1 is 1.26 bits per heavy atom. The number of aliphatic imine (C=N–C) groups is 1. The van der Waals surface area contributed by atoms with Gasteiger partial charge in [-0.15, -0.1) is 0 Å². The molecule has 0 radical (unpaired) electrons. The molecule has 1 aliphatic rings. The second kappa shape index (κ2) is 9.59. The van der Waals surface area contributed by atoms with Crippen LogP contribution in [-0.4, -0.2) is 33.6 Å². The lowest BCUT2D eigenvalue weighted by Gasteiger charge is -2.04. The summed E-state index contributed by atoms with van der Waals surface area (Å²) in [6.45, 7) is 1.65. The smallest absolute Gasteiger partial charge is 0.344 e. The lowest BCUT2D eigenvalue weighted by atomic mass is 10.1. The number of non-ortho nitro benzene ring substituents is 1. The van der Waals surface area contributed by atoms with E-state index in [1.54, 1.807) is 25.1 Å². The molecule has 2 aromatic rings. The number of carbonyl (C=O) groups excluding carboxylic acids is 2. The van der Waals surface area contributed by atoms with Gasteiger partial charge in [0.15, 0.2) is 0 Å². The highest BCUT2D eigenvalue weighted by Crippen LogP contribution is 2.39. The molecule has 2 aromatic carbocycles. The Morgan fingerprint density at radius 3 is 2.68 bits per heavy atom. The number of rotatable bonds is 5. The number of amides is 1. The summed E-state index contributed by atoms with van der Waals surface area (Å²) in [5.41, 5.74) is 0.166. The molecule has 0 aromatic heterocycles. The highest BCUT2D eigenvalue weighted by Gasteiger charge is 2.34. The summed E-state index contributed by atoms with van der Waals surface area (Å²) in [7, 11) is 0. The van der Waals surface area contributed by atoms with Crippen LogP contribution in [0.25, 0.3) is 6.08 Å². The zero-order valence-corrected chi connectivity index (χ0v) is 17.6. The molecule has 0 atom stereocenters. The minimum atomic E-state index is -0.847. The number of nitro groups is 1. The highest BCUT2D eigenvalue weighted by molar-refractivity contribution is 8.18. The molecule has 0 saturated heterocycles. The monoisotopic (exact) mass is 458 g/mol. The predicted molar refractivity (Wildman–Crippen MR) is 118 cm³/mol. The van der Waals surface area contributed by atoms with Crippen LogP contribution in [0.3, 0.4) is 0 Å². The average Bonchev–Trinajstić information content (AvgIpc) is 3.03. The SMILES string of the molecule is CCOC(=O)C1=C(O)/C(=C/c2cccc([N+](=O)[O-])c2)SC1=NC(=O)c1ccccc1Cl. The van der Waals surface area contributed by atoms with E-state index in [0.717, 1.165) is 11.8 Å². The minimum absolute atomic E-state index is 0.0515. The molecule has 158 valence electrons. The molecule has 1 heterocycles. The first-order valence-electron chi connectivity index (χ1n) is 8.94. The number of benzene rings is 2. The van der Waals surface area contributed by atoms with Crippen molar-refractivity contribution in [3.63, 3.8) is 0 Å². The van der Waals surface area contributed by atoms with Gasteiger partial charge in [-0.3, -0.25) is 14.9 Å². The molecule has 8 nitrogen and oxygen atoms in total. The van der Waals surface area contributed by atoms with E-state index in [2.05, 4.69) is 4.99 Å². The van der Waals surface area contributed by atoms with Gasteiger partial charge in [0.1, 0.15) is 16.4 Å². The van der Waals surface area contributed by atoms with Gasteiger partial charge in [0.2, 0.25) is 0 Å². The zero-order valence-electron chi connectivity index (χ0n) is 16.1. The van der Waals surface area contributed by atoms with Crippen LogP contribution in [0.1, 0.15) is 22.8 Å². The number of halogens is 1. The molecular formula is C21H15ClN2O6S. The first-order valence-corrected chi connectivity index (χ1v) is 10.1. The lowest BCUT2D eigenvalue weighted by Crippen LogP contribution is -2.14. The maximum atomic E-state index is 12.6. The van der Waals surface area contributed by atoms with Gasteiger partial charge in [-0.05, 0) is 30.7 Å². The van der Waals surface area contributed by atoms with E-state index in [1.165, 1.54) is 36.4 Å². The van der Waals surface area contributed by atoms with Crippen molar-refractivity contribution in [2.24, 2.45) is 4.99 Å². The number of nitro benzene ring substituents is 1. The first kappa shape index (κ1) is 22.3. The largest absolute Gasteiger partial charge is 0.506 e. The average molecular weight is 459 g/mol. The molecule has 0 bridgehead atoms. The van der Waals surface area contributed by atoms with Gasteiger partial charge in [0.25, 0.3) is 11.6 Å². The number of aliphatic hydroxyl groups excluding tert-OH is 1. The van der Waals surface area contributed by atoms with Gasteiger partial charge < -0.3 is 9.84 Å². The van der Waals surface area contributed by atoms with Crippen molar-refractivity contribution in [1.29, 1.82) is 0 Å². The fraction of sp³-hybridized carbons (Fsp3) is 0.0952. The second-order valence-electron chi connectivity index (χ2n) is 6.11. The Morgan fingerprint density at radius 2 is 2.00 bits per heavy atom. The number of hydrogen-bond acceptors (Lipinski definition) is 7. The van der Waals surface area contributed by atoms with Gasteiger partial charge in [-0.1, -0.05) is 47.6 Å². The van der Waals surface area contributed by atoms with E-state index in [4.69, 9.17) is 16.3 Å². The van der Waals surface area contributed by atoms with Gasteiger partial charge in [-0.25, -0.2) is 9.79 Å². The third-order valence-electron chi connectivity index (χ3n) is 4.06. The molecule has 3 rings (SSSR count). The van der Waals surface area contributed by atoms with Gasteiger partial charge in [-0.2, -0.15) is 0 Å². The third kappa shape index (κ3) is 5.01. The number of aliphatic hydroxyl groups is 1. The van der Waals surface area contributed by atoms with E-state index >= 15 is 0 Å². The molecule has 0 saturated carbocycles. The fourth-order valence-corrected chi connectivity index (χ4v) is 3.89. The third-order valence-corrected chi connectivity index (χ3v) is 5.41. The van der Waals surface area contributed by atoms with Crippen LogP contribution in [0.2, 0.25) is 5.02 Å². The molecule has 1 N–H and O–H groups in total. The molecule has 0 fully saturated rings. The van der Waals surface area contributed by atoms with E-state index in [1.807, 2.05) is 0 Å². The van der Waals surface area contributed by atoms with E-state index in [-0.39, 0.29) is 38.4 Å². The molecule has 0 spiro atoms. The fourth-order valence-electron chi connectivity index (χ4n) is 2.66. The summed E-state index contributed by atoms with van der Waals surface area (Å²) in [6, 6.07) is 12.0. The maximum absolute atomic E-state index is 12.6.